The van der Waals surface area contributed by atoms with Crippen LogP contribution in [0, 0.1) is 5.82 Å². The van der Waals surface area contributed by atoms with Crippen LogP contribution in [0.1, 0.15) is 26.3 Å². The second kappa shape index (κ2) is 8.55. The lowest BCUT2D eigenvalue weighted by molar-refractivity contribution is -0.116. The zero-order valence-electron chi connectivity index (χ0n) is 17.9. The fourth-order valence-corrected chi connectivity index (χ4v) is 4.32. The van der Waals surface area contributed by atoms with Gasteiger partial charge in [0.1, 0.15) is 5.82 Å². The minimum atomic E-state index is -0.456. The summed E-state index contributed by atoms with van der Waals surface area (Å²) < 4.78 is 20.4. The zero-order valence-corrected chi connectivity index (χ0v) is 17.9. The average Bonchev–Trinajstić information content (AvgIpc) is 3.10. The molecule has 3 amide bonds. The van der Waals surface area contributed by atoms with Crippen LogP contribution in [0.15, 0.2) is 36.4 Å². The first-order valence-electron chi connectivity index (χ1n) is 10.5. The van der Waals surface area contributed by atoms with E-state index >= 15 is 0 Å². The number of anilines is 4. The number of rotatable bonds is 3. The van der Waals surface area contributed by atoms with E-state index in [4.69, 9.17) is 4.74 Å². The Morgan fingerprint density at radius 2 is 1.61 bits per heavy atom. The smallest absolute Gasteiger partial charge is 0.323 e. The summed E-state index contributed by atoms with van der Waals surface area (Å²) >= 11 is 0. The molecule has 1 fully saturated rings. The Hall–Kier alpha value is -3.13. The van der Waals surface area contributed by atoms with Crippen LogP contribution in [0.5, 0.6) is 0 Å². The van der Waals surface area contributed by atoms with Gasteiger partial charge in [-0.05, 0) is 62.2 Å². The third kappa shape index (κ3) is 4.64. The molecule has 0 radical (unpaired) electrons. The molecule has 2 aliphatic rings. The quantitative estimate of drug-likeness (QED) is 0.778. The fourth-order valence-electron chi connectivity index (χ4n) is 4.32. The first kappa shape index (κ1) is 21.1. The van der Waals surface area contributed by atoms with E-state index in [1.807, 2.05) is 30.9 Å². The maximum Gasteiger partial charge on any atom is 0.323 e. The molecule has 0 saturated carbocycles. The molecule has 2 N–H and O–H groups in total. The van der Waals surface area contributed by atoms with Crippen molar-refractivity contribution < 1.29 is 18.7 Å². The number of fused-ring (bicyclic) bond motifs is 1. The van der Waals surface area contributed by atoms with Crippen molar-refractivity contribution in [3.63, 3.8) is 0 Å². The first-order chi connectivity index (χ1) is 14.8. The van der Waals surface area contributed by atoms with Gasteiger partial charge < -0.3 is 25.2 Å². The molecule has 7 nitrogen and oxygen atoms in total. The molecule has 2 aromatic carbocycles. The van der Waals surface area contributed by atoms with Crippen LogP contribution < -0.4 is 20.4 Å². The van der Waals surface area contributed by atoms with Gasteiger partial charge in [0, 0.05) is 43.6 Å². The molecule has 4 rings (SSSR count). The normalized spacial score (nSPS) is 20.4. The van der Waals surface area contributed by atoms with Crippen molar-refractivity contribution in [2.75, 3.05) is 40.1 Å². The highest BCUT2D eigenvalue weighted by Crippen LogP contribution is 2.31. The molecule has 31 heavy (non-hydrogen) atoms. The van der Waals surface area contributed by atoms with E-state index in [0.29, 0.717) is 36.7 Å². The second-order valence-electron chi connectivity index (χ2n) is 8.17. The third-order valence-electron chi connectivity index (χ3n) is 5.58. The number of hydrogen-bond donors (Lipinski definition) is 2. The van der Waals surface area contributed by atoms with Crippen molar-refractivity contribution in [3.8, 4) is 0 Å². The lowest BCUT2D eigenvalue weighted by Crippen LogP contribution is -2.45. The van der Waals surface area contributed by atoms with Gasteiger partial charge >= 0.3 is 6.03 Å². The van der Waals surface area contributed by atoms with Gasteiger partial charge in [0.2, 0.25) is 5.91 Å². The summed E-state index contributed by atoms with van der Waals surface area (Å²) in [5.74, 6) is -0.385. The second-order valence-corrected chi connectivity index (χ2v) is 8.17. The SMILES string of the molecule is CC(=O)N1CCc2cc(NC(=O)Nc3ccc(N4C[C@@H](C)O[C@@H](C)C4)c(F)c3)ccc21. The van der Waals surface area contributed by atoms with Crippen molar-refractivity contribution in [2.24, 2.45) is 0 Å². The molecule has 0 aliphatic carbocycles. The largest absolute Gasteiger partial charge is 0.372 e. The van der Waals surface area contributed by atoms with Gasteiger partial charge in [0.15, 0.2) is 0 Å². The van der Waals surface area contributed by atoms with E-state index in [1.165, 1.54) is 6.07 Å². The lowest BCUT2D eigenvalue weighted by Gasteiger charge is -2.37. The fraction of sp³-hybridized carbons (Fsp3) is 0.391. The molecule has 0 unspecified atom stereocenters. The molecule has 2 atom stereocenters. The van der Waals surface area contributed by atoms with E-state index in [-0.39, 0.29) is 23.9 Å². The monoisotopic (exact) mass is 426 g/mol. The van der Waals surface area contributed by atoms with Crippen molar-refractivity contribution >= 4 is 34.7 Å². The maximum atomic E-state index is 14.7. The van der Waals surface area contributed by atoms with Crippen LogP contribution in [0.25, 0.3) is 0 Å². The molecule has 0 aromatic heterocycles. The lowest BCUT2D eigenvalue weighted by atomic mass is 10.1. The van der Waals surface area contributed by atoms with Gasteiger partial charge in [-0.15, -0.1) is 0 Å². The number of halogens is 1. The van der Waals surface area contributed by atoms with Crippen LogP contribution in [0.3, 0.4) is 0 Å². The molecule has 0 spiro atoms. The number of hydrogen-bond acceptors (Lipinski definition) is 4. The summed E-state index contributed by atoms with van der Waals surface area (Å²) in [6.07, 6.45) is 0.806. The predicted molar refractivity (Wildman–Crippen MR) is 119 cm³/mol. The Morgan fingerprint density at radius 3 is 2.23 bits per heavy atom. The number of benzene rings is 2. The van der Waals surface area contributed by atoms with Crippen LogP contribution in [0.4, 0.5) is 31.9 Å². The highest BCUT2D eigenvalue weighted by Gasteiger charge is 2.25. The van der Waals surface area contributed by atoms with Crippen molar-refractivity contribution in [1.82, 2.24) is 0 Å². The highest BCUT2D eigenvalue weighted by molar-refractivity contribution is 6.00. The summed E-state index contributed by atoms with van der Waals surface area (Å²) in [4.78, 5) is 27.8. The molecule has 0 bridgehead atoms. The van der Waals surface area contributed by atoms with Crippen LogP contribution >= 0.6 is 0 Å². The van der Waals surface area contributed by atoms with Crippen LogP contribution in [-0.2, 0) is 16.0 Å². The number of nitrogens with zero attached hydrogens (tertiary/aromatic N) is 2. The summed E-state index contributed by atoms with van der Waals surface area (Å²) in [7, 11) is 0. The minimum Gasteiger partial charge on any atom is -0.372 e. The van der Waals surface area contributed by atoms with Gasteiger partial charge in [-0.1, -0.05) is 0 Å². The Balaban J connectivity index is 1.40. The van der Waals surface area contributed by atoms with E-state index in [0.717, 1.165) is 17.7 Å². The van der Waals surface area contributed by atoms with Gasteiger partial charge in [0.25, 0.3) is 0 Å². The Bertz CT molecular complexity index is 1000. The molecular formula is C23H27FN4O3. The van der Waals surface area contributed by atoms with E-state index in [2.05, 4.69) is 10.6 Å². The van der Waals surface area contributed by atoms with Crippen molar-refractivity contribution in [3.05, 3.63) is 47.8 Å². The molecule has 1 saturated heterocycles. The highest BCUT2D eigenvalue weighted by atomic mass is 19.1. The van der Waals surface area contributed by atoms with Crippen LogP contribution in [-0.4, -0.2) is 43.8 Å². The van der Waals surface area contributed by atoms with Gasteiger partial charge in [0.05, 0.1) is 17.9 Å². The number of carbonyl (C=O) groups is 2. The molecule has 2 aliphatic heterocycles. The summed E-state index contributed by atoms with van der Waals surface area (Å²) in [5.41, 5.74) is 3.38. The first-order valence-corrected chi connectivity index (χ1v) is 10.5. The molecular weight excluding hydrogens is 399 g/mol. The van der Waals surface area contributed by atoms with Gasteiger partial charge in [-0.3, -0.25) is 4.79 Å². The predicted octanol–water partition coefficient (Wildman–Crippen LogP) is 3.99. The zero-order chi connectivity index (χ0) is 22.1. The third-order valence-corrected chi connectivity index (χ3v) is 5.58. The average molecular weight is 426 g/mol. The number of urea groups is 1. The Labute approximate surface area is 181 Å². The number of nitrogens with one attached hydrogen (secondary N) is 2. The minimum absolute atomic E-state index is 0.00340. The van der Waals surface area contributed by atoms with E-state index in [9.17, 15) is 14.0 Å². The summed E-state index contributed by atoms with van der Waals surface area (Å²) in [6, 6.07) is 9.69. The molecule has 8 heteroatoms. The molecule has 2 heterocycles. The topological polar surface area (TPSA) is 73.9 Å². The van der Waals surface area contributed by atoms with Crippen molar-refractivity contribution in [1.29, 1.82) is 0 Å². The maximum absolute atomic E-state index is 14.7. The van der Waals surface area contributed by atoms with E-state index < -0.39 is 6.03 Å². The van der Waals surface area contributed by atoms with E-state index in [1.54, 1.807) is 30.0 Å². The van der Waals surface area contributed by atoms with Crippen molar-refractivity contribution in [2.45, 2.75) is 39.4 Å². The standard InChI is InChI=1S/C23H27FN4O3/c1-14-12-27(13-15(2)31-14)22-7-5-19(11-20(22)24)26-23(30)25-18-4-6-21-17(10-18)8-9-28(21)16(3)29/h4-7,10-11,14-15H,8-9,12-13H2,1-3H3,(H2,25,26,30)/t14-,15+. The Kier molecular flexibility index (Phi) is 5.82. The van der Waals surface area contributed by atoms with Crippen LogP contribution in [0.2, 0.25) is 0 Å². The molecule has 2 aromatic rings. The number of morpholine rings is 1. The van der Waals surface area contributed by atoms with Gasteiger partial charge in [-0.2, -0.15) is 0 Å². The number of amides is 3. The summed E-state index contributed by atoms with van der Waals surface area (Å²) in [6.45, 7) is 7.36. The molecule has 164 valence electrons. The van der Waals surface area contributed by atoms with Gasteiger partial charge in [-0.25, -0.2) is 9.18 Å². The Morgan fingerprint density at radius 1 is 1.00 bits per heavy atom. The number of carbonyl (C=O) groups excluding carboxylic acids is 2. The number of ether oxygens (including phenoxy) is 1. The summed E-state index contributed by atoms with van der Waals surface area (Å²) in [5, 5.41) is 5.45.